The van der Waals surface area contributed by atoms with Crippen molar-refractivity contribution in [1.29, 1.82) is 0 Å². The fourth-order valence-electron chi connectivity index (χ4n) is 3.78. The SMILES string of the molecule is CNc1ncc2nc(Nc3cccc(Cl)c3)n([C@H]3CC[C@@H](CN)CC3)c2n1. The lowest BCUT2D eigenvalue weighted by Crippen LogP contribution is -2.24. The molecule has 0 saturated heterocycles. The maximum Gasteiger partial charge on any atom is 0.224 e. The number of anilines is 3. The Morgan fingerprint density at radius 3 is 2.74 bits per heavy atom. The van der Waals surface area contributed by atoms with Gasteiger partial charge in [-0.3, -0.25) is 4.57 Å². The molecule has 142 valence electrons. The summed E-state index contributed by atoms with van der Waals surface area (Å²) >= 11 is 6.14. The van der Waals surface area contributed by atoms with Gasteiger partial charge in [0.25, 0.3) is 0 Å². The molecule has 27 heavy (non-hydrogen) atoms. The Hall–Kier alpha value is -2.38. The van der Waals surface area contributed by atoms with E-state index >= 15 is 0 Å². The lowest BCUT2D eigenvalue weighted by atomic mass is 9.86. The summed E-state index contributed by atoms with van der Waals surface area (Å²) in [6.45, 7) is 0.761. The van der Waals surface area contributed by atoms with E-state index in [9.17, 15) is 0 Å². The predicted octanol–water partition coefficient (Wildman–Crippen LogP) is 3.96. The van der Waals surface area contributed by atoms with E-state index in [2.05, 4.69) is 25.2 Å². The van der Waals surface area contributed by atoms with Crippen LogP contribution in [0, 0.1) is 5.92 Å². The van der Waals surface area contributed by atoms with Crippen LogP contribution in [0.15, 0.2) is 30.5 Å². The minimum atomic E-state index is 0.332. The van der Waals surface area contributed by atoms with Gasteiger partial charge in [-0.05, 0) is 56.3 Å². The van der Waals surface area contributed by atoms with Gasteiger partial charge in [0, 0.05) is 23.8 Å². The van der Waals surface area contributed by atoms with Crippen molar-refractivity contribution in [2.45, 2.75) is 31.7 Å². The van der Waals surface area contributed by atoms with E-state index < -0.39 is 0 Å². The molecule has 0 amide bonds. The van der Waals surface area contributed by atoms with Gasteiger partial charge in [-0.1, -0.05) is 17.7 Å². The summed E-state index contributed by atoms with van der Waals surface area (Å²) < 4.78 is 2.21. The molecular weight excluding hydrogens is 362 g/mol. The average molecular weight is 386 g/mol. The van der Waals surface area contributed by atoms with E-state index in [1.54, 1.807) is 6.20 Å². The van der Waals surface area contributed by atoms with Gasteiger partial charge in [-0.15, -0.1) is 0 Å². The molecule has 1 saturated carbocycles. The van der Waals surface area contributed by atoms with Crippen LogP contribution in [0.3, 0.4) is 0 Å². The lowest BCUT2D eigenvalue weighted by molar-refractivity contribution is 0.284. The monoisotopic (exact) mass is 385 g/mol. The van der Waals surface area contributed by atoms with Crippen LogP contribution in [0.4, 0.5) is 17.6 Å². The fraction of sp³-hybridized carbons (Fsp3) is 0.421. The zero-order chi connectivity index (χ0) is 18.8. The van der Waals surface area contributed by atoms with Gasteiger partial charge in [-0.25, -0.2) is 9.97 Å². The Morgan fingerprint density at radius 2 is 2.04 bits per heavy atom. The van der Waals surface area contributed by atoms with Crippen LogP contribution in [0.1, 0.15) is 31.7 Å². The second kappa shape index (κ2) is 7.70. The largest absolute Gasteiger partial charge is 0.357 e. The Bertz CT molecular complexity index is 931. The van der Waals surface area contributed by atoms with Crippen LogP contribution in [-0.4, -0.2) is 33.1 Å². The second-order valence-corrected chi connectivity index (χ2v) is 7.44. The highest BCUT2D eigenvalue weighted by atomic mass is 35.5. The summed E-state index contributed by atoms with van der Waals surface area (Å²) in [5.41, 5.74) is 8.39. The third kappa shape index (κ3) is 3.70. The van der Waals surface area contributed by atoms with Crippen LogP contribution in [-0.2, 0) is 0 Å². The molecule has 0 atom stereocenters. The number of hydrogen-bond donors (Lipinski definition) is 3. The van der Waals surface area contributed by atoms with Crippen molar-refractivity contribution in [2.24, 2.45) is 11.7 Å². The second-order valence-electron chi connectivity index (χ2n) is 7.00. The molecule has 0 radical (unpaired) electrons. The zero-order valence-electron chi connectivity index (χ0n) is 15.3. The third-order valence-electron chi connectivity index (χ3n) is 5.25. The van der Waals surface area contributed by atoms with Gasteiger partial charge < -0.3 is 16.4 Å². The molecule has 7 nitrogen and oxygen atoms in total. The minimum Gasteiger partial charge on any atom is -0.357 e. The normalized spacial score (nSPS) is 20.0. The number of nitrogens with one attached hydrogen (secondary N) is 2. The number of nitrogens with two attached hydrogens (primary N) is 1. The van der Waals surface area contributed by atoms with E-state index in [0.717, 1.165) is 55.0 Å². The van der Waals surface area contributed by atoms with E-state index in [0.29, 0.717) is 22.9 Å². The molecule has 0 spiro atoms. The molecule has 8 heteroatoms. The zero-order valence-corrected chi connectivity index (χ0v) is 16.1. The quantitative estimate of drug-likeness (QED) is 0.615. The summed E-state index contributed by atoms with van der Waals surface area (Å²) in [5, 5.41) is 7.12. The minimum absolute atomic E-state index is 0.332. The number of benzene rings is 1. The van der Waals surface area contributed by atoms with Gasteiger partial charge in [-0.2, -0.15) is 4.98 Å². The summed E-state index contributed by atoms with van der Waals surface area (Å²) in [7, 11) is 1.82. The third-order valence-corrected chi connectivity index (χ3v) is 5.49. The van der Waals surface area contributed by atoms with E-state index in [1.165, 1.54) is 0 Å². The van der Waals surface area contributed by atoms with Crippen molar-refractivity contribution in [3.63, 3.8) is 0 Å². The van der Waals surface area contributed by atoms with Crippen LogP contribution in [0.25, 0.3) is 11.2 Å². The van der Waals surface area contributed by atoms with Crippen LogP contribution >= 0.6 is 11.6 Å². The van der Waals surface area contributed by atoms with Crippen molar-refractivity contribution >= 4 is 40.3 Å². The van der Waals surface area contributed by atoms with Crippen LogP contribution in [0.2, 0.25) is 5.02 Å². The van der Waals surface area contributed by atoms with E-state index in [1.807, 2.05) is 31.3 Å². The highest BCUT2D eigenvalue weighted by molar-refractivity contribution is 6.30. The average Bonchev–Trinajstić information content (AvgIpc) is 3.04. The van der Waals surface area contributed by atoms with Gasteiger partial charge in [0.2, 0.25) is 11.9 Å². The van der Waals surface area contributed by atoms with Gasteiger partial charge >= 0.3 is 0 Å². The van der Waals surface area contributed by atoms with Crippen LogP contribution in [0.5, 0.6) is 0 Å². The molecule has 4 rings (SSSR count). The number of rotatable bonds is 5. The summed E-state index contributed by atoms with van der Waals surface area (Å²) in [5.74, 6) is 1.97. The Balaban J connectivity index is 1.75. The molecule has 1 aliphatic rings. The molecule has 1 aromatic carbocycles. The molecule has 0 unspecified atom stereocenters. The molecule has 0 bridgehead atoms. The maximum absolute atomic E-state index is 6.14. The molecule has 0 aliphatic heterocycles. The van der Waals surface area contributed by atoms with Gasteiger partial charge in [0.05, 0.1) is 6.20 Å². The summed E-state index contributed by atoms with van der Waals surface area (Å²) in [4.78, 5) is 13.7. The number of aromatic nitrogens is 4. The summed E-state index contributed by atoms with van der Waals surface area (Å²) in [6.07, 6.45) is 6.15. The number of nitrogens with zero attached hydrogens (tertiary/aromatic N) is 4. The molecule has 2 aromatic heterocycles. The van der Waals surface area contributed by atoms with Crippen molar-refractivity contribution in [1.82, 2.24) is 19.5 Å². The first-order valence-corrected chi connectivity index (χ1v) is 9.71. The first-order valence-electron chi connectivity index (χ1n) is 9.33. The molecule has 2 heterocycles. The molecular formula is C19H24ClN7. The molecule has 1 fully saturated rings. The van der Waals surface area contributed by atoms with Gasteiger partial charge in [0.1, 0.15) is 5.52 Å². The topological polar surface area (TPSA) is 93.7 Å². The summed E-state index contributed by atoms with van der Waals surface area (Å²) in [6, 6.07) is 7.98. The number of fused-ring (bicyclic) bond motifs is 1. The number of halogens is 1. The predicted molar refractivity (Wildman–Crippen MR) is 110 cm³/mol. The Morgan fingerprint density at radius 1 is 1.22 bits per heavy atom. The van der Waals surface area contributed by atoms with E-state index in [4.69, 9.17) is 22.3 Å². The first kappa shape index (κ1) is 18.0. The Kier molecular flexibility index (Phi) is 5.13. The standard InChI is InChI=1S/C19H24ClN7/c1-22-18-23-11-16-17(26-18)27(15-7-5-12(10-21)6-8-15)19(25-16)24-14-4-2-3-13(20)9-14/h2-4,9,11-12,15H,5-8,10,21H2,1H3,(H,24,25)(H,22,23,26)/t12-,15+. The smallest absolute Gasteiger partial charge is 0.224 e. The molecule has 4 N–H and O–H groups in total. The van der Waals surface area contributed by atoms with Crippen molar-refractivity contribution in [2.75, 3.05) is 24.2 Å². The Labute approximate surface area is 163 Å². The van der Waals surface area contributed by atoms with Crippen LogP contribution < -0.4 is 16.4 Å². The first-order chi connectivity index (χ1) is 13.2. The number of imidazole rings is 1. The molecule has 3 aromatic rings. The van der Waals surface area contributed by atoms with Gasteiger partial charge in [0.15, 0.2) is 5.65 Å². The van der Waals surface area contributed by atoms with Crippen molar-refractivity contribution < 1.29 is 0 Å². The van der Waals surface area contributed by atoms with Crippen molar-refractivity contribution in [3.8, 4) is 0 Å². The molecule has 1 aliphatic carbocycles. The maximum atomic E-state index is 6.14. The number of hydrogen-bond acceptors (Lipinski definition) is 6. The van der Waals surface area contributed by atoms with E-state index in [-0.39, 0.29) is 0 Å². The lowest BCUT2D eigenvalue weighted by Gasteiger charge is -2.29. The highest BCUT2D eigenvalue weighted by Gasteiger charge is 2.26. The highest BCUT2D eigenvalue weighted by Crippen LogP contribution is 2.36. The fourth-order valence-corrected chi connectivity index (χ4v) is 3.97. The van der Waals surface area contributed by atoms with Crippen molar-refractivity contribution in [3.05, 3.63) is 35.5 Å².